The topological polar surface area (TPSA) is 74.6 Å². The molecular formula is C22H36O4. The summed E-state index contributed by atoms with van der Waals surface area (Å²) in [6.45, 7) is 5.92. The summed E-state index contributed by atoms with van der Waals surface area (Å²) in [4.78, 5) is 23.0. The number of allylic oxidation sites excluding steroid dienone is 2. The van der Waals surface area contributed by atoms with Crippen LogP contribution >= 0.6 is 0 Å². The van der Waals surface area contributed by atoms with Crippen molar-refractivity contribution >= 4 is 11.8 Å². The highest BCUT2D eigenvalue weighted by atomic mass is 16.4. The molecule has 1 aliphatic carbocycles. The SMILES string of the molecule is CCC=CC(C)(O)CC=C[C@H]1CCC(=O)[C@]1(C)CCCCCCC(=O)O. The molecule has 2 N–H and O–H groups in total. The highest BCUT2D eigenvalue weighted by Crippen LogP contribution is 2.45. The van der Waals surface area contributed by atoms with Crippen LogP contribution in [0.4, 0.5) is 0 Å². The number of Topliss-reactive ketones (excluding diaryl/α,β-unsaturated/α-hetero) is 1. The quantitative estimate of drug-likeness (QED) is 0.375. The number of carboxylic acids is 1. The Morgan fingerprint density at radius 2 is 1.96 bits per heavy atom. The molecule has 0 aliphatic heterocycles. The van der Waals surface area contributed by atoms with Crippen LogP contribution in [-0.2, 0) is 9.59 Å². The van der Waals surface area contributed by atoms with Crippen LogP contribution < -0.4 is 0 Å². The van der Waals surface area contributed by atoms with E-state index in [1.807, 2.05) is 25.2 Å². The van der Waals surface area contributed by atoms with Crippen molar-refractivity contribution in [2.24, 2.45) is 11.3 Å². The van der Waals surface area contributed by atoms with E-state index in [1.165, 1.54) is 0 Å². The Hall–Kier alpha value is -1.42. The lowest BCUT2D eigenvalue weighted by Crippen LogP contribution is -2.28. The van der Waals surface area contributed by atoms with Crippen LogP contribution in [0.25, 0.3) is 0 Å². The molecule has 0 radical (unpaired) electrons. The predicted molar refractivity (Wildman–Crippen MR) is 105 cm³/mol. The standard InChI is InChI=1S/C22H36O4/c1-4-5-15-21(2,26)16-10-11-18-13-14-19(23)22(18,3)17-9-7-6-8-12-20(24)25/h5,10-11,15,18,26H,4,6-9,12-14,16-17H2,1-3H3,(H,24,25)/t18-,21?,22+/m0/s1. The van der Waals surface area contributed by atoms with Crippen LogP contribution in [0.3, 0.4) is 0 Å². The van der Waals surface area contributed by atoms with E-state index in [0.29, 0.717) is 25.0 Å². The Bertz CT molecular complexity index is 518. The molecule has 1 saturated carbocycles. The molecule has 0 aromatic rings. The zero-order valence-corrected chi connectivity index (χ0v) is 16.7. The zero-order chi connectivity index (χ0) is 19.6. The molecule has 0 saturated heterocycles. The first-order valence-corrected chi connectivity index (χ1v) is 10.0. The molecule has 1 rings (SSSR count). The molecule has 1 unspecified atom stereocenters. The van der Waals surface area contributed by atoms with Crippen LogP contribution in [0.2, 0.25) is 0 Å². The van der Waals surface area contributed by atoms with Gasteiger partial charge in [0.05, 0.1) is 5.60 Å². The zero-order valence-electron chi connectivity index (χ0n) is 16.7. The third-order valence-corrected chi connectivity index (χ3v) is 5.59. The summed E-state index contributed by atoms with van der Waals surface area (Å²) in [5, 5.41) is 19.0. The average Bonchev–Trinajstić information content (AvgIpc) is 2.84. The Morgan fingerprint density at radius 1 is 1.27 bits per heavy atom. The number of ketones is 1. The average molecular weight is 365 g/mol. The van der Waals surface area contributed by atoms with Gasteiger partial charge >= 0.3 is 5.97 Å². The van der Waals surface area contributed by atoms with E-state index < -0.39 is 11.6 Å². The summed E-state index contributed by atoms with van der Waals surface area (Å²) >= 11 is 0. The van der Waals surface area contributed by atoms with E-state index in [9.17, 15) is 14.7 Å². The van der Waals surface area contributed by atoms with Gasteiger partial charge in [0.2, 0.25) is 0 Å². The number of hydrogen-bond acceptors (Lipinski definition) is 3. The summed E-state index contributed by atoms with van der Waals surface area (Å²) in [6, 6.07) is 0. The molecule has 1 aliphatic rings. The molecule has 4 nitrogen and oxygen atoms in total. The van der Waals surface area contributed by atoms with Crippen molar-refractivity contribution in [2.75, 3.05) is 0 Å². The third-order valence-electron chi connectivity index (χ3n) is 5.59. The Kier molecular flexibility index (Phi) is 9.28. The number of carbonyl (C=O) groups is 2. The third kappa shape index (κ3) is 7.45. The molecule has 0 bridgehead atoms. The smallest absolute Gasteiger partial charge is 0.303 e. The Morgan fingerprint density at radius 3 is 2.62 bits per heavy atom. The van der Waals surface area contributed by atoms with E-state index in [0.717, 1.165) is 38.5 Å². The van der Waals surface area contributed by atoms with Gasteiger partial charge in [0.1, 0.15) is 5.78 Å². The number of carbonyl (C=O) groups excluding carboxylic acids is 1. The molecule has 26 heavy (non-hydrogen) atoms. The maximum atomic E-state index is 12.4. The Labute approximate surface area is 158 Å². The van der Waals surface area contributed by atoms with Gasteiger partial charge < -0.3 is 10.2 Å². The molecule has 4 heteroatoms. The van der Waals surface area contributed by atoms with E-state index >= 15 is 0 Å². The predicted octanol–water partition coefficient (Wildman–Crippen LogP) is 5.06. The highest BCUT2D eigenvalue weighted by molar-refractivity contribution is 5.87. The van der Waals surface area contributed by atoms with E-state index in [-0.39, 0.29) is 17.8 Å². The Balaban J connectivity index is 2.51. The van der Waals surface area contributed by atoms with Crippen molar-refractivity contribution in [3.8, 4) is 0 Å². The molecular weight excluding hydrogens is 328 g/mol. The first-order valence-electron chi connectivity index (χ1n) is 10.0. The van der Waals surface area contributed by atoms with Crippen molar-refractivity contribution < 1.29 is 19.8 Å². The summed E-state index contributed by atoms with van der Waals surface area (Å²) in [6.07, 6.45) is 15.6. The number of aliphatic hydroxyl groups is 1. The van der Waals surface area contributed by atoms with Gasteiger partial charge in [0.25, 0.3) is 0 Å². The first-order chi connectivity index (χ1) is 12.2. The van der Waals surface area contributed by atoms with Gasteiger partial charge in [-0.15, -0.1) is 0 Å². The molecule has 1 fully saturated rings. The number of carboxylic acid groups (broad SMARTS) is 1. The summed E-state index contributed by atoms with van der Waals surface area (Å²) in [5.74, 6) is -0.159. The minimum atomic E-state index is -0.838. The molecule has 148 valence electrons. The molecule has 0 spiro atoms. The van der Waals surface area contributed by atoms with Gasteiger partial charge in [-0.1, -0.05) is 57.4 Å². The molecule has 0 aromatic carbocycles. The molecule has 0 amide bonds. The van der Waals surface area contributed by atoms with E-state index in [1.54, 1.807) is 6.92 Å². The monoisotopic (exact) mass is 364 g/mol. The van der Waals surface area contributed by atoms with Crippen LogP contribution in [0.5, 0.6) is 0 Å². The summed E-state index contributed by atoms with van der Waals surface area (Å²) in [7, 11) is 0. The lowest BCUT2D eigenvalue weighted by atomic mass is 9.74. The second-order valence-electron chi connectivity index (χ2n) is 8.09. The maximum absolute atomic E-state index is 12.4. The van der Waals surface area contributed by atoms with Gasteiger partial charge in [-0.3, -0.25) is 9.59 Å². The van der Waals surface area contributed by atoms with Crippen molar-refractivity contribution in [1.29, 1.82) is 0 Å². The summed E-state index contributed by atoms with van der Waals surface area (Å²) in [5.41, 5.74) is -1.15. The lowest BCUT2D eigenvalue weighted by molar-refractivity contribution is -0.137. The lowest BCUT2D eigenvalue weighted by Gasteiger charge is -2.28. The van der Waals surface area contributed by atoms with Crippen LogP contribution in [0.1, 0.15) is 85.0 Å². The number of aliphatic carboxylic acids is 1. The normalized spacial score (nSPS) is 26.0. The first kappa shape index (κ1) is 22.6. The van der Waals surface area contributed by atoms with Crippen molar-refractivity contribution in [3.63, 3.8) is 0 Å². The minimum absolute atomic E-state index is 0.230. The number of unbranched alkanes of at least 4 members (excludes halogenated alkanes) is 3. The maximum Gasteiger partial charge on any atom is 0.303 e. The second kappa shape index (κ2) is 10.7. The largest absolute Gasteiger partial charge is 0.481 e. The second-order valence-corrected chi connectivity index (χ2v) is 8.09. The fraction of sp³-hybridized carbons (Fsp3) is 0.727. The van der Waals surface area contributed by atoms with E-state index in [2.05, 4.69) is 13.0 Å². The van der Waals surface area contributed by atoms with Gasteiger partial charge in [-0.2, -0.15) is 0 Å². The van der Waals surface area contributed by atoms with Gasteiger partial charge in [-0.25, -0.2) is 0 Å². The van der Waals surface area contributed by atoms with Crippen molar-refractivity contribution in [2.45, 2.75) is 90.6 Å². The van der Waals surface area contributed by atoms with Crippen LogP contribution in [-0.4, -0.2) is 27.6 Å². The highest BCUT2D eigenvalue weighted by Gasteiger charge is 2.43. The van der Waals surface area contributed by atoms with Gasteiger partial charge in [0.15, 0.2) is 0 Å². The molecule has 0 aromatic heterocycles. The number of hydrogen-bond donors (Lipinski definition) is 2. The van der Waals surface area contributed by atoms with E-state index in [4.69, 9.17) is 5.11 Å². The summed E-state index contributed by atoms with van der Waals surface area (Å²) < 4.78 is 0. The fourth-order valence-corrected chi connectivity index (χ4v) is 3.76. The minimum Gasteiger partial charge on any atom is -0.481 e. The molecule has 3 atom stereocenters. The van der Waals surface area contributed by atoms with Crippen LogP contribution in [0.15, 0.2) is 24.3 Å². The van der Waals surface area contributed by atoms with Gasteiger partial charge in [-0.05, 0) is 44.9 Å². The van der Waals surface area contributed by atoms with Crippen molar-refractivity contribution in [1.82, 2.24) is 0 Å². The van der Waals surface area contributed by atoms with Gasteiger partial charge in [0, 0.05) is 18.3 Å². The fourth-order valence-electron chi connectivity index (χ4n) is 3.76. The molecule has 0 heterocycles. The number of rotatable bonds is 12. The van der Waals surface area contributed by atoms with Crippen LogP contribution in [0, 0.1) is 11.3 Å². The van der Waals surface area contributed by atoms with Crippen molar-refractivity contribution in [3.05, 3.63) is 24.3 Å².